The second-order valence-corrected chi connectivity index (χ2v) is 9.48. The Labute approximate surface area is 202 Å². The molecule has 4 heteroatoms. The predicted octanol–water partition coefficient (Wildman–Crippen LogP) is 6.52. The molecule has 0 amide bonds. The first-order valence-electron chi connectivity index (χ1n) is 12.5. The number of benzene rings is 3. The van der Waals surface area contributed by atoms with E-state index in [1.165, 1.54) is 29.5 Å². The molecule has 0 unspecified atom stereocenters. The van der Waals surface area contributed by atoms with Gasteiger partial charge < -0.3 is 9.42 Å². The molecule has 1 fully saturated rings. The Hall–Kier alpha value is -3.24. The van der Waals surface area contributed by atoms with Gasteiger partial charge in [-0.15, -0.1) is 0 Å². The van der Waals surface area contributed by atoms with Crippen LogP contribution >= 0.6 is 0 Å². The molecule has 4 nitrogen and oxygen atoms in total. The third-order valence-electron chi connectivity index (χ3n) is 7.16. The fourth-order valence-corrected chi connectivity index (χ4v) is 5.14. The maximum absolute atomic E-state index is 5.61. The van der Waals surface area contributed by atoms with Gasteiger partial charge in [-0.3, -0.25) is 0 Å². The van der Waals surface area contributed by atoms with Gasteiger partial charge in [-0.05, 0) is 68.4 Å². The van der Waals surface area contributed by atoms with E-state index >= 15 is 0 Å². The highest BCUT2D eigenvalue weighted by molar-refractivity contribution is 5.58. The minimum absolute atomic E-state index is 0.443. The Bertz CT molecular complexity index is 1120. The maximum atomic E-state index is 5.61. The zero-order valence-corrected chi connectivity index (χ0v) is 19.9. The van der Waals surface area contributed by atoms with Crippen molar-refractivity contribution in [1.29, 1.82) is 0 Å². The van der Waals surface area contributed by atoms with Crippen molar-refractivity contribution in [3.05, 3.63) is 108 Å². The van der Waals surface area contributed by atoms with Crippen LogP contribution < -0.4 is 0 Å². The summed E-state index contributed by atoms with van der Waals surface area (Å²) in [5, 5.41) is 4.24. The first-order chi connectivity index (χ1) is 16.8. The number of hydrogen-bond acceptors (Lipinski definition) is 4. The Morgan fingerprint density at radius 3 is 2.12 bits per heavy atom. The molecule has 4 aromatic rings. The zero-order chi connectivity index (χ0) is 23.2. The predicted molar refractivity (Wildman–Crippen MR) is 137 cm³/mol. The summed E-state index contributed by atoms with van der Waals surface area (Å²) in [5.74, 6) is 2.53. The highest BCUT2D eigenvalue weighted by Gasteiger charge is 2.23. The first kappa shape index (κ1) is 22.5. The van der Waals surface area contributed by atoms with Crippen molar-refractivity contribution in [3.8, 4) is 11.4 Å². The van der Waals surface area contributed by atoms with Crippen LogP contribution in [0.4, 0.5) is 0 Å². The van der Waals surface area contributed by atoms with Gasteiger partial charge in [-0.25, -0.2) is 0 Å². The van der Waals surface area contributed by atoms with Crippen LogP contribution in [0, 0.1) is 12.8 Å². The smallest absolute Gasteiger partial charge is 0.227 e. The number of piperidine rings is 1. The van der Waals surface area contributed by atoms with E-state index in [9.17, 15) is 0 Å². The van der Waals surface area contributed by atoms with Gasteiger partial charge in [0.25, 0.3) is 0 Å². The third-order valence-corrected chi connectivity index (χ3v) is 7.16. The minimum atomic E-state index is 0.443. The van der Waals surface area contributed by atoms with E-state index < -0.39 is 0 Å². The monoisotopic (exact) mass is 451 g/mol. The SMILES string of the molecule is Cc1ccccc1-c1noc(CC2CCN(CCC(c3ccccc3)c3ccccc3)CC2)n1. The molecule has 0 bridgehead atoms. The number of likely N-dealkylation sites (tertiary alicyclic amines) is 1. The molecule has 5 rings (SSSR count). The van der Waals surface area contributed by atoms with E-state index in [1.54, 1.807) is 0 Å². The summed E-state index contributed by atoms with van der Waals surface area (Å²) in [6.07, 6.45) is 4.39. The summed E-state index contributed by atoms with van der Waals surface area (Å²) in [7, 11) is 0. The summed E-state index contributed by atoms with van der Waals surface area (Å²) < 4.78 is 5.61. The van der Waals surface area contributed by atoms with E-state index in [-0.39, 0.29) is 0 Å². The van der Waals surface area contributed by atoms with Gasteiger partial charge in [-0.2, -0.15) is 4.98 Å². The van der Waals surface area contributed by atoms with Crippen molar-refractivity contribution in [2.45, 2.75) is 38.5 Å². The van der Waals surface area contributed by atoms with Crippen molar-refractivity contribution in [2.24, 2.45) is 5.92 Å². The van der Waals surface area contributed by atoms with Gasteiger partial charge in [0.15, 0.2) is 0 Å². The van der Waals surface area contributed by atoms with Crippen molar-refractivity contribution in [1.82, 2.24) is 15.0 Å². The molecule has 0 spiro atoms. The number of aryl methyl sites for hydroxylation is 1. The molecule has 1 aromatic heterocycles. The molecule has 0 saturated carbocycles. The van der Waals surface area contributed by atoms with Crippen molar-refractivity contribution >= 4 is 0 Å². The van der Waals surface area contributed by atoms with Gasteiger partial charge in [0.2, 0.25) is 11.7 Å². The van der Waals surface area contributed by atoms with Crippen LogP contribution in [0.3, 0.4) is 0 Å². The molecule has 1 saturated heterocycles. The fourth-order valence-electron chi connectivity index (χ4n) is 5.14. The molecule has 0 atom stereocenters. The molecular formula is C30H33N3O. The van der Waals surface area contributed by atoms with E-state index in [0.29, 0.717) is 17.7 Å². The molecule has 3 aromatic carbocycles. The molecule has 2 heterocycles. The second kappa shape index (κ2) is 10.8. The van der Waals surface area contributed by atoms with E-state index in [4.69, 9.17) is 4.52 Å². The van der Waals surface area contributed by atoms with Crippen LogP contribution in [0.15, 0.2) is 89.5 Å². The summed E-state index contributed by atoms with van der Waals surface area (Å²) >= 11 is 0. The van der Waals surface area contributed by atoms with Crippen LogP contribution in [-0.4, -0.2) is 34.7 Å². The Morgan fingerprint density at radius 1 is 0.853 bits per heavy atom. The largest absolute Gasteiger partial charge is 0.339 e. The maximum Gasteiger partial charge on any atom is 0.227 e. The van der Waals surface area contributed by atoms with E-state index in [0.717, 1.165) is 43.9 Å². The molecule has 174 valence electrons. The summed E-state index contributed by atoms with van der Waals surface area (Å²) in [6.45, 7) is 5.49. The highest BCUT2D eigenvalue weighted by atomic mass is 16.5. The first-order valence-corrected chi connectivity index (χ1v) is 12.5. The average molecular weight is 452 g/mol. The van der Waals surface area contributed by atoms with Crippen LogP contribution in [0.1, 0.15) is 47.8 Å². The number of rotatable bonds is 8. The van der Waals surface area contributed by atoms with Crippen molar-refractivity contribution < 1.29 is 4.52 Å². The Balaban J connectivity index is 1.15. The average Bonchev–Trinajstić information content (AvgIpc) is 3.35. The lowest BCUT2D eigenvalue weighted by molar-refractivity contribution is 0.174. The molecule has 1 aliphatic heterocycles. The number of hydrogen-bond donors (Lipinski definition) is 0. The lowest BCUT2D eigenvalue weighted by atomic mass is 9.87. The van der Waals surface area contributed by atoms with Gasteiger partial charge in [0.05, 0.1) is 0 Å². The second-order valence-electron chi connectivity index (χ2n) is 9.48. The third kappa shape index (κ3) is 5.45. The topological polar surface area (TPSA) is 42.2 Å². The molecule has 1 aliphatic rings. The molecular weight excluding hydrogens is 418 g/mol. The van der Waals surface area contributed by atoms with Gasteiger partial charge in [0, 0.05) is 17.9 Å². The van der Waals surface area contributed by atoms with Crippen molar-refractivity contribution in [3.63, 3.8) is 0 Å². The standard InChI is InChI=1S/C30H33N3O/c1-23-10-8-9-15-27(23)30-31-29(34-32-30)22-24-16-19-33(20-17-24)21-18-28(25-11-4-2-5-12-25)26-13-6-3-7-14-26/h2-15,24,28H,16-22H2,1H3. The Morgan fingerprint density at radius 2 is 1.47 bits per heavy atom. The number of nitrogens with zero attached hydrogens (tertiary/aromatic N) is 3. The lowest BCUT2D eigenvalue weighted by Gasteiger charge is -2.32. The Kier molecular flexibility index (Phi) is 7.16. The van der Waals surface area contributed by atoms with E-state index in [1.807, 2.05) is 12.1 Å². The molecule has 0 radical (unpaired) electrons. The molecule has 0 N–H and O–H groups in total. The highest BCUT2D eigenvalue weighted by Crippen LogP contribution is 2.29. The summed E-state index contributed by atoms with van der Waals surface area (Å²) in [6, 6.07) is 30.1. The van der Waals surface area contributed by atoms with Crippen LogP contribution in [0.2, 0.25) is 0 Å². The van der Waals surface area contributed by atoms with E-state index in [2.05, 4.69) is 94.8 Å². The van der Waals surface area contributed by atoms with Gasteiger partial charge in [0.1, 0.15) is 0 Å². The summed E-state index contributed by atoms with van der Waals surface area (Å²) in [5.41, 5.74) is 5.04. The molecule has 0 aliphatic carbocycles. The van der Waals surface area contributed by atoms with Crippen LogP contribution in [-0.2, 0) is 6.42 Å². The van der Waals surface area contributed by atoms with Gasteiger partial charge >= 0.3 is 0 Å². The zero-order valence-electron chi connectivity index (χ0n) is 19.9. The minimum Gasteiger partial charge on any atom is -0.339 e. The fraction of sp³-hybridized carbons (Fsp3) is 0.333. The number of aromatic nitrogens is 2. The van der Waals surface area contributed by atoms with Crippen LogP contribution in [0.25, 0.3) is 11.4 Å². The van der Waals surface area contributed by atoms with Crippen LogP contribution in [0.5, 0.6) is 0 Å². The van der Waals surface area contributed by atoms with Crippen molar-refractivity contribution in [2.75, 3.05) is 19.6 Å². The molecule has 34 heavy (non-hydrogen) atoms. The lowest BCUT2D eigenvalue weighted by Crippen LogP contribution is -2.35. The quantitative estimate of drug-likeness (QED) is 0.306. The normalized spacial score (nSPS) is 15.1. The summed E-state index contributed by atoms with van der Waals surface area (Å²) in [4.78, 5) is 7.32. The van der Waals surface area contributed by atoms with Gasteiger partial charge in [-0.1, -0.05) is 90.1 Å².